The van der Waals surface area contributed by atoms with Gasteiger partial charge >= 0.3 is 0 Å². The highest BCUT2D eigenvalue weighted by atomic mass is 35.5. The minimum Gasteiger partial charge on any atom is -0.377 e. The fraction of sp³-hybridized carbons (Fsp3) is 0.435. The van der Waals surface area contributed by atoms with Gasteiger partial charge in [-0.25, -0.2) is 9.97 Å². The highest BCUT2D eigenvalue weighted by molar-refractivity contribution is 7.19. The summed E-state index contributed by atoms with van der Waals surface area (Å²) in [6.45, 7) is 5.35. The van der Waals surface area contributed by atoms with Crippen LogP contribution in [0, 0.1) is 5.92 Å². The van der Waals surface area contributed by atoms with E-state index in [9.17, 15) is 4.79 Å². The molecule has 1 aliphatic carbocycles. The van der Waals surface area contributed by atoms with Gasteiger partial charge in [-0.15, -0.1) is 16.4 Å². The number of halogens is 1. The summed E-state index contributed by atoms with van der Waals surface area (Å²) in [4.78, 5) is 26.7. The molecule has 176 valence electrons. The zero-order chi connectivity index (χ0) is 23.4. The van der Waals surface area contributed by atoms with Crippen LogP contribution in [0.2, 0.25) is 5.02 Å². The molecule has 1 N–H and O–H groups in total. The first-order valence-electron chi connectivity index (χ1n) is 11.3. The number of hydrogen-bond acceptors (Lipinski definition) is 9. The minimum absolute atomic E-state index is 0.0105. The van der Waals surface area contributed by atoms with Crippen LogP contribution < -0.4 is 5.32 Å². The quantitative estimate of drug-likeness (QED) is 0.418. The Labute approximate surface area is 209 Å². The molecule has 4 heterocycles. The second kappa shape index (κ2) is 8.67. The van der Waals surface area contributed by atoms with E-state index in [1.165, 1.54) is 22.0 Å². The molecule has 1 amide bonds. The number of aryl methyl sites for hydroxylation is 1. The Bertz CT molecular complexity index is 1400. The molecular formula is C23H23ClN6O2S2. The van der Waals surface area contributed by atoms with Crippen LogP contribution in [0.3, 0.4) is 0 Å². The second-order valence-corrected chi connectivity index (χ2v) is 11.3. The SMILES string of the molecule is C[C@H]1COC[C@H](C)N1C(=O)[C@H]1CCc2c(sc3ncnc(Nc4cc5snnc5cc4Cl)c23)C1. The largest absolute Gasteiger partial charge is 0.377 e. The van der Waals surface area contributed by atoms with Crippen molar-refractivity contribution in [2.45, 2.75) is 45.2 Å². The first-order chi connectivity index (χ1) is 16.5. The highest BCUT2D eigenvalue weighted by Crippen LogP contribution is 2.42. The standard InChI is InChI=1S/C23H23ClN6O2S2/c1-11-8-32-9-12(2)30(11)23(31)13-3-4-14-18(5-13)33-22-20(14)21(25-10-26-22)27-16-7-19-17(6-15(16)24)28-29-34-19/h6-7,10-13H,3-5,8-9H2,1-2H3,(H,25,26,27)/t11-,12-,13-/m0/s1. The Balaban J connectivity index is 1.31. The average molecular weight is 515 g/mol. The van der Waals surface area contributed by atoms with Crippen molar-refractivity contribution in [3.63, 3.8) is 0 Å². The van der Waals surface area contributed by atoms with Gasteiger partial charge in [0, 0.05) is 10.8 Å². The summed E-state index contributed by atoms with van der Waals surface area (Å²) in [5, 5.41) is 9.10. The number of aromatic nitrogens is 4. The van der Waals surface area contributed by atoms with Gasteiger partial charge in [-0.1, -0.05) is 16.1 Å². The van der Waals surface area contributed by atoms with E-state index >= 15 is 0 Å². The van der Waals surface area contributed by atoms with Crippen LogP contribution in [0.15, 0.2) is 18.5 Å². The van der Waals surface area contributed by atoms with Crippen LogP contribution in [-0.2, 0) is 22.4 Å². The summed E-state index contributed by atoms with van der Waals surface area (Å²) in [6.07, 6.45) is 3.96. The lowest BCUT2D eigenvalue weighted by molar-refractivity contribution is -0.149. The number of carbonyl (C=O) groups is 1. The zero-order valence-electron chi connectivity index (χ0n) is 18.7. The Hall–Kier alpha value is -2.40. The monoisotopic (exact) mass is 514 g/mol. The van der Waals surface area contributed by atoms with Gasteiger partial charge in [0.25, 0.3) is 0 Å². The summed E-state index contributed by atoms with van der Waals surface area (Å²) in [5.41, 5.74) is 2.78. The van der Waals surface area contributed by atoms with Crippen molar-refractivity contribution in [3.05, 3.63) is 33.9 Å². The van der Waals surface area contributed by atoms with Gasteiger partial charge in [-0.05, 0) is 62.3 Å². The molecule has 3 atom stereocenters. The summed E-state index contributed by atoms with van der Waals surface area (Å²) in [5.74, 6) is 0.971. The van der Waals surface area contributed by atoms with Crippen LogP contribution in [0.1, 0.15) is 30.7 Å². The number of amides is 1. The Morgan fingerprint density at radius 1 is 1.24 bits per heavy atom. The molecule has 11 heteroatoms. The normalized spacial score (nSPS) is 22.8. The van der Waals surface area contributed by atoms with E-state index < -0.39 is 0 Å². The maximum atomic E-state index is 13.4. The molecule has 2 aliphatic rings. The lowest BCUT2D eigenvalue weighted by Gasteiger charge is -2.41. The van der Waals surface area contributed by atoms with E-state index in [-0.39, 0.29) is 23.9 Å². The number of thiophene rings is 1. The third kappa shape index (κ3) is 3.73. The Morgan fingerprint density at radius 2 is 2.06 bits per heavy atom. The van der Waals surface area contributed by atoms with Gasteiger partial charge in [-0.3, -0.25) is 4.79 Å². The fourth-order valence-corrected chi connectivity index (χ4v) is 7.14. The van der Waals surface area contributed by atoms with Gasteiger partial charge in [0.2, 0.25) is 5.91 Å². The van der Waals surface area contributed by atoms with Crippen LogP contribution in [-0.4, -0.2) is 55.7 Å². The number of anilines is 2. The Kier molecular flexibility index (Phi) is 5.63. The van der Waals surface area contributed by atoms with E-state index in [0.29, 0.717) is 18.2 Å². The summed E-state index contributed by atoms with van der Waals surface area (Å²) < 4.78 is 10.6. The summed E-state index contributed by atoms with van der Waals surface area (Å²) >= 11 is 9.51. The van der Waals surface area contributed by atoms with Crippen molar-refractivity contribution in [3.8, 4) is 0 Å². The van der Waals surface area contributed by atoms with E-state index in [0.717, 1.165) is 51.2 Å². The second-order valence-electron chi connectivity index (χ2n) is 9.02. The van der Waals surface area contributed by atoms with Crippen LogP contribution >= 0.6 is 34.5 Å². The smallest absolute Gasteiger partial charge is 0.226 e. The number of nitrogens with one attached hydrogen (secondary N) is 1. The van der Waals surface area contributed by atoms with Gasteiger partial charge in [0.15, 0.2) is 0 Å². The van der Waals surface area contributed by atoms with E-state index in [1.807, 2.05) is 17.0 Å². The van der Waals surface area contributed by atoms with Gasteiger partial charge in [-0.2, -0.15) is 0 Å². The highest BCUT2D eigenvalue weighted by Gasteiger charge is 2.36. The maximum absolute atomic E-state index is 13.4. The first-order valence-corrected chi connectivity index (χ1v) is 13.3. The molecule has 4 aromatic rings. The molecule has 0 unspecified atom stereocenters. The van der Waals surface area contributed by atoms with Crippen molar-refractivity contribution in [2.24, 2.45) is 5.92 Å². The molecule has 1 aliphatic heterocycles. The summed E-state index contributed by atoms with van der Waals surface area (Å²) in [7, 11) is 0. The molecule has 1 fully saturated rings. The third-order valence-corrected chi connectivity index (χ3v) is 8.87. The van der Waals surface area contributed by atoms with E-state index in [1.54, 1.807) is 17.7 Å². The molecular weight excluding hydrogens is 492 g/mol. The number of ether oxygens (including phenoxy) is 1. The lowest BCUT2D eigenvalue weighted by Crippen LogP contribution is -2.54. The van der Waals surface area contributed by atoms with Crippen molar-refractivity contribution >= 4 is 72.3 Å². The van der Waals surface area contributed by atoms with Crippen molar-refractivity contribution < 1.29 is 9.53 Å². The molecule has 0 spiro atoms. The van der Waals surface area contributed by atoms with Crippen molar-refractivity contribution in [1.82, 2.24) is 24.5 Å². The number of carbonyl (C=O) groups excluding carboxylic acids is 1. The Morgan fingerprint density at radius 3 is 2.88 bits per heavy atom. The van der Waals surface area contributed by atoms with E-state index in [2.05, 4.69) is 38.7 Å². The van der Waals surface area contributed by atoms with Crippen LogP contribution in [0.25, 0.3) is 20.4 Å². The molecule has 1 aromatic carbocycles. The third-order valence-electron chi connectivity index (χ3n) is 6.71. The van der Waals surface area contributed by atoms with Crippen LogP contribution in [0.4, 0.5) is 11.5 Å². The van der Waals surface area contributed by atoms with Gasteiger partial charge in [0.1, 0.15) is 22.5 Å². The number of hydrogen-bond donors (Lipinski definition) is 1. The zero-order valence-corrected chi connectivity index (χ0v) is 21.1. The van der Waals surface area contributed by atoms with Gasteiger partial charge < -0.3 is 15.0 Å². The molecule has 0 radical (unpaired) electrons. The van der Waals surface area contributed by atoms with E-state index in [4.69, 9.17) is 16.3 Å². The average Bonchev–Trinajstić information content (AvgIpc) is 3.42. The van der Waals surface area contributed by atoms with Crippen molar-refractivity contribution in [2.75, 3.05) is 18.5 Å². The fourth-order valence-electron chi connectivity index (χ4n) is 5.09. The minimum atomic E-state index is -0.0105. The van der Waals surface area contributed by atoms with Crippen LogP contribution in [0.5, 0.6) is 0 Å². The number of morpholine rings is 1. The number of rotatable bonds is 3. The molecule has 0 saturated carbocycles. The predicted octanol–water partition coefficient (Wildman–Crippen LogP) is 4.83. The van der Waals surface area contributed by atoms with Crippen molar-refractivity contribution in [1.29, 1.82) is 0 Å². The summed E-state index contributed by atoms with van der Waals surface area (Å²) in [6, 6.07) is 3.98. The topological polar surface area (TPSA) is 93.1 Å². The first kappa shape index (κ1) is 22.1. The number of nitrogens with zero attached hydrogens (tertiary/aromatic N) is 5. The molecule has 0 bridgehead atoms. The number of benzene rings is 1. The molecule has 8 nitrogen and oxygen atoms in total. The number of fused-ring (bicyclic) bond motifs is 4. The van der Waals surface area contributed by atoms with Gasteiger partial charge in [0.05, 0.1) is 46.1 Å². The molecule has 3 aromatic heterocycles. The lowest BCUT2D eigenvalue weighted by atomic mass is 9.86. The predicted molar refractivity (Wildman–Crippen MR) is 135 cm³/mol. The molecule has 34 heavy (non-hydrogen) atoms. The molecule has 1 saturated heterocycles. The molecule has 6 rings (SSSR count). The maximum Gasteiger partial charge on any atom is 0.226 e.